The average Bonchev–Trinajstić information content (AvgIpc) is 2.92. The lowest BCUT2D eigenvalue weighted by atomic mass is 9.86. The highest BCUT2D eigenvalue weighted by Gasteiger charge is 2.36. The number of carbonyl (C=O) groups excluding carboxylic acids is 3. The minimum absolute atomic E-state index is 0.272. The smallest absolute Gasteiger partial charge is 0.348 e. The highest BCUT2D eigenvalue weighted by molar-refractivity contribution is 7.18. The first-order chi connectivity index (χ1) is 10.6. The molecule has 0 saturated carbocycles. The van der Waals surface area contributed by atoms with Crippen LogP contribution in [0.2, 0.25) is 0 Å². The van der Waals surface area contributed by atoms with Crippen LogP contribution in [0.3, 0.4) is 0 Å². The largest absolute Gasteiger partial charge is 0.462 e. The minimum Gasteiger partial charge on any atom is -0.462 e. The predicted molar refractivity (Wildman–Crippen MR) is 83.8 cm³/mol. The Morgan fingerprint density at radius 3 is 2.41 bits per heavy atom. The van der Waals surface area contributed by atoms with Gasteiger partial charge in [-0.2, -0.15) is 0 Å². The molecule has 22 heavy (non-hydrogen) atoms. The molecule has 1 aromatic carbocycles. The second-order valence-corrected chi connectivity index (χ2v) is 5.91. The molecule has 0 amide bonds. The van der Waals surface area contributed by atoms with Gasteiger partial charge in [-0.3, -0.25) is 9.59 Å². The number of ether oxygens (including phenoxy) is 1. The summed E-state index contributed by atoms with van der Waals surface area (Å²) >= 11 is 1.24. The summed E-state index contributed by atoms with van der Waals surface area (Å²) in [6, 6.07) is 7.01. The molecular formula is C17H14O4S. The molecule has 0 radical (unpaired) electrons. The van der Waals surface area contributed by atoms with Crippen LogP contribution in [0, 0.1) is 0 Å². The number of hydrogen-bond acceptors (Lipinski definition) is 5. The van der Waals surface area contributed by atoms with Crippen molar-refractivity contribution in [3.05, 3.63) is 45.8 Å². The maximum atomic E-state index is 12.5. The summed E-state index contributed by atoms with van der Waals surface area (Å²) in [6.07, 6.45) is 0.501. The first-order valence-corrected chi connectivity index (χ1v) is 7.93. The number of esters is 1. The van der Waals surface area contributed by atoms with Crippen LogP contribution in [0.1, 0.15) is 49.8 Å². The highest BCUT2D eigenvalue weighted by Crippen LogP contribution is 2.42. The second kappa shape index (κ2) is 5.50. The predicted octanol–water partition coefficient (Wildman–Crippen LogP) is 3.53. The zero-order chi connectivity index (χ0) is 15.9. The van der Waals surface area contributed by atoms with E-state index >= 15 is 0 Å². The van der Waals surface area contributed by atoms with E-state index in [0.29, 0.717) is 32.9 Å². The van der Waals surface area contributed by atoms with E-state index in [1.807, 2.05) is 19.1 Å². The molecule has 1 heterocycles. The lowest BCUT2D eigenvalue weighted by molar-refractivity contribution is 0.0531. The zero-order valence-electron chi connectivity index (χ0n) is 12.3. The van der Waals surface area contributed by atoms with Crippen LogP contribution < -0.4 is 0 Å². The third-order valence-corrected chi connectivity index (χ3v) is 4.92. The summed E-state index contributed by atoms with van der Waals surface area (Å²) < 4.78 is 5.07. The van der Waals surface area contributed by atoms with Gasteiger partial charge in [0.25, 0.3) is 0 Å². The molecule has 0 unspecified atom stereocenters. The van der Waals surface area contributed by atoms with Crippen molar-refractivity contribution in [2.75, 3.05) is 6.61 Å². The molecule has 0 N–H and O–H groups in total. The first-order valence-electron chi connectivity index (χ1n) is 7.11. The van der Waals surface area contributed by atoms with Crippen LogP contribution in [-0.4, -0.2) is 24.1 Å². The van der Waals surface area contributed by atoms with Gasteiger partial charge < -0.3 is 4.74 Å². The van der Waals surface area contributed by atoms with Crippen molar-refractivity contribution in [3.8, 4) is 10.4 Å². The lowest BCUT2D eigenvalue weighted by Crippen LogP contribution is -2.21. The molecule has 0 bridgehead atoms. The van der Waals surface area contributed by atoms with Gasteiger partial charge in [0.1, 0.15) is 4.88 Å². The summed E-state index contributed by atoms with van der Waals surface area (Å²) in [4.78, 5) is 38.0. The molecule has 5 heteroatoms. The third kappa shape index (κ3) is 2.01. The maximum absolute atomic E-state index is 12.5. The van der Waals surface area contributed by atoms with Gasteiger partial charge in [-0.05, 0) is 18.9 Å². The number of rotatable bonds is 3. The van der Waals surface area contributed by atoms with Crippen molar-refractivity contribution < 1.29 is 19.1 Å². The molecule has 1 aromatic heterocycles. The number of carbonyl (C=O) groups is 3. The van der Waals surface area contributed by atoms with Crippen LogP contribution >= 0.6 is 11.3 Å². The molecule has 1 aliphatic carbocycles. The topological polar surface area (TPSA) is 60.4 Å². The van der Waals surface area contributed by atoms with E-state index in [1.165, 1.54) is 11.3 Å². The Morgan fingerprint density at radius 2 is 1.77 bits per heavy atom. The lowest BCUT2D eigenvalue weighted by Gasteiger charge is -2.14. The fourth-order valence-corrected chi connectivity index (χ4v) is 4.03. The number of fused-ring (bicyclic) bond motifs is 3. The summed E-state index contributed by atoms with van der Waals surface area (Å²) in [5, 5.41) is 0. The van der Waals surface area contributed by atoms with Crippen LogP contribution in [0.4, 0.5) is 0 Å². The Kier molecular flexibility index (Phi) is 3.66. The summed E-state index contributed by atoms with van der Waals surface area (Å²) in [6.45, 7) is 3.87. The standard InChI is InChI=1S/C17H14O4S/c1-3-9-12-14(19)13(18)10-7-5-6-8-11(10)15(12)22-16(9)17(20)21-4-2/h5-8H,3-4H2,1-2H3. The first kappa shape index (κ1) is 14.7. The molecule has 112 valence electrons. The van der Waals surface area contributed by atoms with Gasteiger partial charge in [0, 0.05) is 21.6 Å². The number of Topliss-reactive ketones (excluding diaryl/α,β-unsaturated/α-hetero) is 2. The van der Waals surface area contributed by atoms with Crippen molar-refractivity contribution in [2.45, 2.75) is 20.3 Å². The molecule has 0 aliphatic heterocycles. The van der Waals surface area contributed by atoms with E-state index in [-0.39, 0.29) is 6.61 Å². The van der Waals surface area contributed by atoms with E-state index in [1.54, 1.807) is 19.1 Å². The fraction of sp³-hybridized carbons (Fsp3) is 0.235. The number of hydrogen-bond donors (Lipinski definition) is 0. The molecule has 4 nitrogen and oxygen atoms in total. The molecule has 0 fully saturated rings. The number of thiophene rings is 1. The van der Waals surface area contributed by atoms with Crippen LogP contribution in [0.5, 0.6) is 0 Å². The van der Waals surface area contributed by atoms with Crippen molar-refractivity contribution in [2.24, 2.45) is 0 Å². The molecule has 0 saturated heterocycles. The average molecular weight is 314 g/mol. The summed E-state index contributed by atoms with van der Waals surface area (Å²) in [5.74, 6) is -1.47. The van der Waals surface area contributed by atoms with Crippen LogP contribution in [-0.2, 0) is 11.2 Å². The van der Waals surface area contributed by atoms with Crippen molar-refractivity contribution in [1.82, 2.24) is 0 Å². The Morgan fingerprint density at radius 1 is 1.09 bits per heavy atom. The Bertz CT molecular complexity index is 801. The van der Waals surface area contributed by atoms with Crippen molar-refractivity contribution in [3.63, 3.8) is 0 Å². The molecular weight excluding hydrogens is 300 g/mol. The van der Waals surface area contributed by atoms with Gasteiger partial charge in [-0.1, -0.05) is 31.2 Å². The summed E-state index contributed by atoms with van der Waals surface area (Å²) in [5.41, 5.74) is 2.11. The molecule has 1 aliphatic rings. The van der Waals surface area contributed by atoms with E-state index in [9.17, 15) is 14.4 Å². The Labute approximate surface area is 131 Å². The molecule has 2 aromatic rings. The van der Waals surface area contributed by atoms with Crippen molar-refractivity contribution >= 4 is 28.9 Å². The SMILES string of the molecule is CCOC(=O)c1sc2c(c1CC)C(=O)C(=O)c1ccccc1-2. The van der Waals surface area contributed by atoms with E-state index in [2.05, 4.69) is 0 Å². The molecule has 0 atom stereocenters. The maximum Gasteiger partial charge on any atom is 0.348 e. The Balaban J connectivity index is 2.29. The van der Waals surface area contributed by atoms with Crippen molar-refractivity contribution in [1.29, 1.82) is 0 Å². The van der Waals surface area contributed by atoms with Gasteiger partial charge in [0.15, 0.2) is 0 Å². The quantitative estimate of drug-likeness (QED) is 0.642. The van der Waals surface area contributed by atoms with E-state index < -0.39 is 17.5 Å². The third-order valence-electron chi connectivity index (χ3n) is 3.67. The fourth-order valence-electron chi connectivity index (χ4n) is 2.71. The normalized spacial score (nSPS) is 12.8. The summed E-state index contributed by atoms with van der Waals surface area (Å²) in [7, 11) is 0. The van der Waals surface area contributed by atoms with Gasteiger partial charge >= 0.3 is 5.97 Å². The minimum atomic E-state index is -0.530. The second-order valence-electron chi connectivity index (χ2n) is 4.89. The van der Waals surface area contributed by atoms with Gasteiger partial charge in [-0.15, -0.1) is 11.3 Å². The van der Waals surface area contributed by atoms with Crippen LogP contribution in [0.25, 0.3) is 10.4 Å². The number of benzene rings is 1. The van der Waals surface area contributed by atoms with Gasteiger partial charge in [0.2, 0.25) is 11.6 Å². The van der Waals surface area contributed by atoms with Gasteiger partial charge in [0.05, 0.1) is 6.61 Å². The van der Waals surface area contributed by atoms with Gasteiger partial charge in [-0.25, -0.2) is 4.79 Å². The molecule has 3 rings (SSSR count). The Hall–Kier alpha value is -2.27. The molecule has 0 spiro atoms. The zero-order valence-corrected chi connectivity index (χ0v) is 13.1. The van der Waals surface area contributed by atoms with E-state index in [4.69, 9.17) is 4.74 Å². The number of ketones is 2. The van der Waals surface area contributed by atoms with E-state index in [0.717, 1.165) is 5.56 Å². The highest BCUT2D eigenvalue weighted by atomic mass is 32.1. The monoisotopic (exact) mass is 314 g/mol. The van der Waals surface area contributed by atoms with Crippen LogP contribution in [0.15, 0.2) is 24.3 Å².